The highest BCUT2D eigenvalue weighted by molar-refractivity contribution is 5.70. The Morgan fingerprint density at radius 3 is 1.40 bits per heavy atom. The molecule has 0 aliphatic carbocycles. The highest BCUT2D eigenvalue weighted by Crippen LogP contribution is 2.14. The normalized spacial score (nSPS) is 13.5. The van der Waals surface area contributed by atoms with Crippen molar-refractivity contribution in [1.82, 2.24) is 0 Å². The zero-order valence-electron chi connectivity index (χ0n) is 40.5. The quantitative estimate of drug-likeness (QED) is 0.0260. The van der Waals surface area contributed by atoms with Crippen LogP contribution in [0.3, 0.4) is 0 Å². The first kappa shape index (κ1) is 58.8. The van der Waals surface area contributed by atoms with E-state index < -0.39 is 18.1 Å². The maximum absolute atomic E-state index is 12.8. The average Bonchev–Trinajstić information content (AvgIpc) is 3.23. The number of carboxylic acid groups (broad SMARTS) is 1. The van der Waals surface area contributed by atoms with E-state index in [1.165, 1.54) is 109 Å². The highest BCUT2D eigenvalue weighted by Gasteiger charge is 2.25. The summed E-state index contributed by atoms with van der Waals surface area (Å²) >= 11 is 0. The largest absolute Gasteiger partial charge is 0.544 e. The van der Waals surface area contributed by atoms with Gasteiger partial charge in [0.25, 0.3) is 0 Å². The number of quaternary nitrogens is 1. The lowest BCUT2D eigenvalue weighted by Gasteiger charge is -2.34. The van der Waals surface area contributed by atoms with Gasteiger partial charge in [0.15, 0.2) is 6.10 Å². The molecule has 8 heteroatoms. The average molecular weight is 868 g/mol. The second-order valence-corrected chi connectivity index (χ2v) is 17.7. The van der Waals surface area contributed by atoms with Gasteiger partial charge in [-0.2, -0.15) is 0 Å². The summed E-state index contributed by atoms with van der Waals surface area (Å²) in [5.41, 5.74) is 0. The third kappa shape index (κ3) is 42.1. The van der Waals surface area contributed by atoms with Crippen LogP contribution < -0.4 is 5.11 Å². The standard InChI is InChI=1S/C54H93NO7/c1-6-8-10-12-14-16-18-20-22-24-25-26-27-28-29-31-33-35-37-39-41-43-45-53(57)62-50(48-60-47-46-51(54(58)59)55(3,4)5)49-61-52(56)44-42-40-38-36-34-32-30-23-21-19-17-15-13-11-9-7-2/h9,11,15,17,21,23,27-28,32,34,38,40,50-51H,6-8,10,12-14,16,18-20,22,24-26,29-31,33,35-37,39,41-49H2,1-5H3/b11-9+,17-15+,23-21+,28-27+,34-32+,40-38+. The number of unbranched alkanes of at least 4 members (excludes halogenated alkanes) is 18. The number of ether oxygens (including phenoxy) is 3. The lowest BCUT2D eigenvalue weighted by atomic mass is 10.0. The summed E-state index contributed by atoms with van der Waals surface area (Å²) in [5, 5.41) is 11.7. The highest BCUT2D eigenvalue weighted by atomic mass is 16.6. The molecule has 0 spiro atoms. The second kappa shape index (κ2) is 44.4. The van der Waals surface area contributed by atoms with Crippen LogP contribution in [-0.4, -0.2) is 75.5 Å². The van der Waals surface area contributed by atoms with Crippen molar-refractivity contribution in [1.29, 1.82) is 0 Å². The molecular formula is C54H93NO7. The summed E-state index contributed by atoms with van der Waals surface area (Å²) in [7, 11) is 5.39. The van der Waals surface area contributed by atoms with Gasteiger partial charge in [-0.3, -0.25) is 9.59 Å². The van der Waals surface area contributed by atoms with E-state index in [-0.39, 0.29) is 49.1 Å². The van der Waals surface area contributed by atoms with E-state index in [1.807, 2.05) is 12.2 Å². The monoisotopic (exact) mass is 868 g/mol. The molecule has 62 heavy (non-hydrogen) atoms. The van der Waals surface area contributed by atoms with Crippen LogP contribution in [0.4, 0.5) is 0 Å². The predicted octanol–water partition coefficient (Wildman–Crippen LogP) is 13.0. The molecule has 0 aliphatic rings. The van der Waals surface area contributed by atoms with E-state index in [0.717, 1.165) is 51.4 Å². The number of hydrogen-bond donors (Lipinski definition) is 0. The number of likely N-dealkylation sites (N-methyl/N-ethyl adjacent to an activating group) is 1. The summed E-state index contributed by atoms with van der Waals surface area (Å²) < 4.78 is 17.1. The number of carbonyl (C=O) groups is 3. The molecule has 356 valence electrons. The number of esters is 2. The maximum atomic E-state index is 12.8. The van der Waals surface area contributed by atoms with E-state index in [0.29, 0.717) is 12.8 Å². The SMILES string of the molecule is CC/C=C/C/C=C/C/C=C/C/C=C/C/C=C/CCC(=O)OCC(COCCC(C(=O)[O-])[N+](C)(C)C)OC(=O)CCCCCCCCC/C=C/CCCCCCCCCCCCC. The van der Waals surface area contributed by atoms with Gasteiger partial charge < -0.3 is 28.6 Å². The Morgan fingerprint density at radius 1 is 0.500 bits per heavy atom. The molecule has 0 bridgehead atoms. The first-order valence-electron chi connectivity index (χ1n) is 25.0. The number of carboxylic acids is 1. The van der Waals surface area contributed by atoms with Gasteiger partial charge in [0.1, 0.15) is 12.6 Å². The molecule has 8 nitrogen and oxygen atoms in total. The molecule has 0 aromatic carbocycles. The fraction of sp³-hybridized carbons (Fsp3) is 0.722. The van der Waals surface area contributed by atoms with Gasteiger partial charge in [0.05, 0.1) is 40.3 Å². The third-order valence-corrected chi connectivity index (χ3v) is 10.8. The molecule has 0 amide bonds. The Balaban J connectivity index is 4.34. The minimum absolute atomic E-state index is 0.0131. The Morgan fingerprint density at radius 2 is 0.935 bits per heavy atom. The van der Waals surface area contributed by atoms with Crippen molar-refractivity contribution in [3.63, 3.8) is 0 Å². The van der Waals surface area contributed by atoms with Crippen LogP contribution in [0.15, 0.2) is 72.9 Å². The summed E-state index contributed by atoms with van der Waals surface area (Å²) in [6.45, 7) is 4.47. The van der Waals surface area contributed by atoms with Gasteiger partial charge in [0.2, 0.25) is 0 Å². The van der Waals surface area contributed by atoms with Gasteiger partial charge in [-0.1, -0.05) is 183 Å². The van der Waals surface area contributed by atoms with E-state index >= 15 is 0 Å². The van der Waals surface area contributed by atoms with Crippen LogP contribution in [0.25, 0.3) is 0 Å². The molecule has 2 unspecified atom stereocenters. The number of hydrogen-bond acceptors (Lipinski definition) is 7. The second-order valence-electron chi connectivity index (χ2n) is 17.7. The van der Waals surface area contributed by atoms with Crippen molar-refractivity contribution in [2.45, 2.75) is 212 Å². The van der Waals surface area contributed by atoms with Crippen LogP contribution in [0, 0.1) is 0 Å². The first-order valence-corrected chi connectivity index (χ1v) is 25.0. The molecular weight excluding hydrogens is 775 g/mol. The van der Waals surface area contributed by atoms with Gasteiger partial charge in [-0.05, 0) is 70.6 Å². The molecule has 0 saturated heterocycles. The van der Waals surface area contributed by atoms with Crippen molar-refractivity contribution in [2.75, 3.05) is 41.0 Å². The summed E-state index contributed by atoms with van der Waals surface area (Å²) in [4.78, 5) is 36.9. The molecule has 0 fully saturated rings. The molecule has 0 aromatic rings. The van der Waals surface area contributed by atoms with Crippen molar-refractivity contribution in [3.8, 4) is 0 Å². The van der Waals surface area contributed by atoms with E-state index in [4.69, 9.17) is 14.2 Å². The molecule has 0 aliphatic heterocycles. The van der Waals surface area contributed by atoms with Gasteiger partial charge in [0, 0.05) is 19.3 Å². The van der Waals surface area contributed by atoms with Crippen LogP contribution >= 0.6 is 0 Å². The molecule has 0 saturated carbocycles. The van der Waals surface area contributed by atoms with Crippen molar-refractivity contribution >= 4 is 17.9 Å². The number of allylic oxidation sites excluding steroid dienone is 12. The number of rotatable bonds is 44. The minimum Gasteiger partial charge on any atom is -0.544 e. The topological polar surface area (TPSA) is 102 Å². The Kier molecular flexibility index (Phi) is 42.1. The van der Waals surface area contributed by atoms with E-state index in [1.54, 1.807) is 21.1 Å². The molecule has 0 heterocycles. The Bertz CT molecular complexity index is 1240. The smallest absolute Gasteiger partial charge is 0.306 e. The van der Waals surface area contributed by atoms with Gasteiger partial charge in [-0.25, -0.2) is 0 Å². The number of aliphatic carboxylic acids is 1. The molecule has 0 aromatic heterocycles. The lowest BCUT2D eigenvalue weighted by molar-refractivity contribution is -0.889. The van der Waals surface area contributed by atoms with E-state index in [9.17, 15) is 19.5 Å². The predicted molar refractivity (Wildman–Crippen MR) is 259 cm³/mol. The van der Waals surface area contributed by atoms with E-state index in [2.05, 4.69) is 74.6 Å². The van der Waals surface area contributed by atoms with Gasteiger partial charge in [-0.15, -0.1) is 0 Å². The fourth-order valence-corrected chi connectivity index (χ4v) is 7.00. The lowest BCUT2D eigenvalue weighted by Crippen LogP contribution is -2.55. The molecule has 2 atom stereocenters. The molecule has 0 radical (unpaired) electrons. The maximum Gasteiger partial charge on any atom is 0.306 e. The van der Waals surface area contributed by atoms with Crippen molar-refractivity contribution in [2.24, 2.45) is 0 Å². The fourth-order valence-electron chi connectivity index (χ4n) is 7.00. The summed E-state index contributed by atoms with van der Waals surface area (Å²) in [6.07, 6.45) is 56.7. The van der Waals surface area contributed by atoms with Crippen LogP contribution in [-0.2, 0) is 28.6 Å². The van der Waals surface area contributed by atoms with Crippen molar-refractivity contribution < 1.29 is 38.2 Å². The number of nitrogens with zero attached hydrogens (tertiary/aromatic N) is 1. The Hall–Kier alpha value is -3.23. The van der Waals surface area contributed by atoms with Crippen LogP contribution in [0.5, 0.6) is 0 Å². The summed E-state index contributed by atoms with van der Waals surface area (Å²) in [6, 6.07) is -0.740. The zero-order chi connectivity index (χ0) is 45.6. The molecule has 0 rings (SSSR count). The van der Waals surface area contributed by atoms with Crippen LogP contribution in [0.2, 0.25) is 0 Å². The first-order chi connectivity index (χ1) is 30.1. The number of carbonyl (C=O) groups excluding carboxylic acids is 3. The Labute approximate surface area is 381 Å². The van der Waals surface area contributed by atoms with Crippen molar-refractivity contribution in [3.05, 3.63) is 72.9 Å². The zero-order valence-corrected chi connectivity index (χ0v) is 40.5. The van der Waals surface area contributed by atoms with Crippen LogP contribution in [0.1, 0.15) is 200 Å². The van der Waals surface area contributed by atoms with Gasteiger partial charge >= 0.3 is 11.9 Å². The molecule has 0 N–H and O–H groups in total. The summed E-state index contributed by atoms with van der Waals surface area (Å²) in [5.74, 6) is -1.85. The third-order valence-electron chi connectivity index (χ3n) is 10.8. The minimum atomic E-state index is -1.14.